The summed E-state index contributed by atoms with van der Waals surface area (Å²) in [4.78, 5) is 23.9. The molecule has 32 heavy (non-hydrogen) atoms. The molecule has 2 N–H and O–H groups in total. The van der Waals surface area contributed by atoms with Crippen molar-refractivity contribution >= 4 is 18.0 Å². The van der Waals surface area contributed by atoms with Crippen LogP contribution in [0.1, 0.15) is 16.7 Å². The average Bonchev–Trinajstić information content (AvgIpc) is 2.83. The highest BCUT2D eigenvalue weighted by atomic mass is 19.1. The Hall–Kier alpha value is -4.20. The van der Waals surface area contributed by atoms with Crippen LogP contribution in [0, 0.1) is 5.82 Å². The van der Waals surface area contributed by atoms with Crippen molar-refractivity contribution in [3.8, 4) is 11.5 Å². The number of nitrogens with one attached hydrogen (secondary N) is 2. The Morgan fingerprint density at radius 1 is 0.938 bits per heavy atom. The third-order valence-corrected chi connectivity index (χ3v) is 4.40. The zero-order chi connectivity index (χ0) is 22.8. The lowest BCUT2D eigenvalue weighted by atomic mass is 10.2. The molecule has 0 radical (unpaired) electrons. The largest absolute Gasteiger partial charge is 0.493 e. The number of nitrogens with zero attached hydrogens (tertiary/aromatic N) is 1. The van der Waals surface area contributed by atoms with Crippen LogP contribution in [0.3, 0.4) is 0 Å². The maximum absolute atomic E-state index is 13.1. The van der Waals surface area contributed by atoms with Gasteiger partial charge in [0.25, 0.3) is 0 Å². The van der Waals surface area contributed by atoms with E-state index in [0.717, 1.165) is 11.1 Å². The Balaban J connectivity index is 1.61. The van der Waals surface area contributed by atoms with Crippen molar-refractivity contribution < 1.29 is 23.5 Å². The quantitative estimate of drug-likeness (QED) is 0.323. The molecule has 3 rings (SSSR count). The van der Waals surface area contributed by atoms with Crippen LogP contribution in [0.4, 0.5) is 4.39 Å². The van der Waals surface area contributed by atoms with Crippen LogP contribution in [0.15, 0.2) is 77.9 Å². The van der Waals surface area contributed by atoms with E-state index in [9.17, 15) is 14.0 Å². The third-order valence-electron chi connectivity index (χ3n) is 4.40. The molecule has 164 valence electrons. The van der Waals surface area contributed by atoms with Gasteiger partial charge in [-0.3, -0.25) is 9.59 Å². The van der Waals surface area contributed by atoms with Gasteiger partial charge in [0.2, 0.25) is 0 Å². The van der Waals surface area contributed by atoms with Gasteiger partial charge < -0.3 is 14.8 Å². The second-order valence-electron chi connectivity index (χ2n) is 6.66. The normalized spacial score (nSPS) is 10.6. The number of benzene rings is 3. The number of hydrogen-bond acceptors (Lipinski definition) is 5. The van der Waals surface area contributed by atoms with Crippen molar-refractivity contribution in [1.82, 2.24) is 10.7 Å². The standard InChI is InChI=1S/C24H22FN3O4/c1-31-21-9-5-8-19(22(21)32-16-18-10-12-20(25)13-11-18)15-27-28-24(30)23(29)26-14-17-6-3-2-4-7-17/h2-13,15H,14,16H2,1H3,(H,26,29)(H,28,30)/b27-15-. The second-order valence-corrected chi connectivity index (χ2v) is 6.66. The first-order valence-corrected chi connectivity index (χ1v) is 9.76. The van der Waals surface area contributed by atoms with E-state index in [1.807, 2.05) is 30.3 Å². The molecule has 0 aliphatic rings. The first-order valence-electron chi connectivity index (χ1n) is 9.76. The number of methoxy groups -OCH3 is 1. The Bertz CT molecular complexity index is 1090. The molecule has 0 aromatic heterocycles. The fourth-order valence-electron chi connectivity index (χ4n) is 2.76. The van der Waals surface area contributed by atoms with Crippen molar-refractivity contribution in [1.29, 1.82) is 0 Å². The SMILES string of the molecule is COc1cccc(/C=N\NC(=O)C(=O)NCc2ccccc2)c1OCc1ccc(F)cc1. The topological polar surface area (TPSA) is 89.0 Å². The Morgan fingerprint density at radius 3 is 2.41 bits per heavy atom. The molecule has 0 unspecified atom stereocenters. The summed E-state index contributed by atoms with van der Waals surface area (Å²) in [5.41, 5.74) is 4.36. The van der Waals surface area contributed by atoms with E-state index < -0.39 is 11.8 Å². The zero-order valence-corrected chi connectivity index (χ0v) is 17.4. The molecule has 0 aliphatic carbocycles. The molecule has 0 aliphatic heterocycles. The Morgan fingerprint density at radius 2 is 1.69 bits per heavy atom. The van der Waals surface area contributed by atoms with Crippen molar-refractivity contribution in [2.75, 3.05) is 7.11 Å². The summed E-state index contributed by atoms with van der Waals surface area (Å²) in [7, 11) is 1.50. The predicted octanol–water partition coefficient (Wildman–Crippen LogP) is 3.18. The number of para-hydroxylation sites is 1. The fourth-order valence-corrected chi connectivity index (χ4v) is 2.76. The summed E-state index contributed by atoms with van der Waals surface area (Å²) < 4.78 is 24.3. The van der Waals surface area contributed by atoms with E-state index in [2.05, 4.69) is 15.8 Å². The van der Waals surface area contributed by atoms with Gasteiger partial charge in [-0.1, -0.05) is 48.5 Å². The Labute approximate surface area is 184 Å². The van der Waals surface area contributed by atoms with Crippen molar-refractivity contribution in [3.05, 3.63) is 95.3 Å². The molecule has 2 amide bonds. The minimum Gasteiger partial charge on any atom is -0.493 e. The number of ether oxygens (including phenoxy) is 2. The number of carbonyl (C=O) groups excluding carboxylic acids is 2. The first-order chi connectivity index (χ1) is 15.6. The number of hydrazone groups is 1. The van der Waals surface area contributed by atoms with E-state index in [0.29, 0.717) is 17.1 Å². The van der Waals surface area contributed by atoms with E-state index >= 15 is 0 Å². The molecule has 0 atom stereocenters. The summed E-state index contributed by atoms with van der Waals surface area (Å²) in [5, 5.41) is 6.37. The van der Waals surface area contributed by atoms with Crippen molar-refractivity contribution in [2.45, 2.75) is 13.2 Å². The van der Waals surface area contributed by atoms with Crippen LogP contribution >= 0.6 is 0 Å². The lowest BCUT2D eigenvalue weighted by Gasteiger charge is -2.13. The molecule has 8 heteroatoms. The van der Waals surface area contributed by atoms with Crippen molar-refractivity contribution in [3.63, 3.8) is 0 Å². The van der Waals surface area contributed by atoms with E-state index in [1.54, 1.807) is 30.3 Å². The van der Waals surface area contributed by atoms with Gasteiger partial charge in [0.1, 0.15) is 12.4 Å². The van der Waals surface area contributed by atoms with Gasteiger partial charge in [-0.2, -0.15) is 5.10 Å². The minimum absolute atomic E-state index is 0.176. The third kappa shape index (κ3) is 6.40. The Kier molecular flexibility index (Phi) is 7.91. The molecule has 3 aromatic carbocycles. The minimum atomic E-state index is -0.895. The van der Waals surface area contributed by atoms with Crippen LogP contribution in [0.5, 0.6) is 11.5 Å². The summed E-state index contributed by atoms with van der Waals surface area (Å²) in [6.45, 7) is 0.407. The number of rotatable bonds is 8. The summed E-state index contributed by atoms with van der Waals surface area (Å²) in [5.74, 6) is -1.17. The molecule has 0 fully saturated rings. The summed E-state index contributed by atoms with van der Waals surface area (Å²) in [6, 6.07) is 20.3. The molecule has 0 spiro atoms. The highest BCUT2D eigenvalue weighted by Crippen LogP contribution is 2.30. The average molecular weight is 435 g/mol. The number of amides is 2. The molecule has 3 aromatic rings. The zero-order valence-electron chi connectivity index (χ0n) is 17.4. The van der Waals surface area contributed by atoms with Crippen molar-refractivity contribution in [2.24, 2.45) is 5.10 Å². The highest BCUT2D eigenvalue weighted by molar-refractivity contribution is 6.35. The van der Waals surface area contributed by atoms with Gasteiger partial charge in [-0.15, -0.1) is 0 Å². The van der Waals surface area contributed by atoms with Crippen LogP contribution in [-0.2, 0) is 22.7 Å². The van der Waals surface area contributed by atoms with Gasteiger partial charge in [0.15, 0.2) is 11.5 Å². The summed E-state index contributed by atoms with van der Waals surface area (Å²) >= 11 is 0. The van der Waals surface area contributed by atoms with Crippen LogP contribution in [0.25, 0.3) is 0 Å². The van der Waals surface area contributed by atoms with Gasteiger partial charge in [-0.05, 0) is 35.4 Å². The molecular weight excluding hydrogens is 413 g/mol. The monoisotopic (exact) mass is 435 g/mol. The van der Waals surface area contributed by atoms with Gasteiger partial charge >= 0.3 is 11.8 Å². The maximum Gasteiger partial charge on any atom is 0.329 e. The van der Waals surface area contributed by atoms with Gasteiger partial charge in [-0.25, -0.2) is 9.82 Å². The molecule has 0 saturated heterocycles. The van der Waals surface area contributed by atoms with E-state index in [-0.39, 0.29) is 19.0 Å². The highest BCUT2D eigenvalue weighted by Gasteiger charge is 2.13. The van der Waals surface area contributed by atoms with Crippen LogP contribution in [-0.4, -0.2) is 25.1 Å². The molecule has 7 nitrogen and oxygen atoms in total. The smallest absolute Gasteiger partial charge is 0.329 e. The van der Waals surface area contributed by atoms with Crippen LogP contribution in [0.2, 0.25) is 0 Å². The second kappa shape index (κ2) is 11.3. The summed E-state index contributed by atoms with van der Waals surface area (Å²) in [6.07, 6.45) is 1.35. The number of halogens is 1. The number of hydrogen-bond donors (Lipinski definition) is 2. The maximum atomic E-state index is 13.1. The van der Waals surface area contributed by atoms with E-state index in [4.69, 9.17) is 9.47 Å². The molecule has 0 bridgehead atoms. The van der Waals surface area contributed by atoms with Gasteiger partial charge in [0, 0.05) is 12.1 Å². The number of carbonyl (C=O) groups is 2. The lowest BCUT2D eigenvalue weighted by molar-refractivity contribution is -0.139. The predicted molar refractivity (Wildman–Crippen MR) is 118 cm³/mol. The molecular formula is C24H22FN3O4. The molecule has 0 heterocycles. The van der Waals surface area contributed by atoms with E-state index in [1.165, 1.54) is 25.5 Å². The fraction of sp³-hybridized carbons (Fsp3) is 0.125. The van der Waals surface area contributed by atoms with Gasteiger partial charge in [0.05, 0.1) is 13.3 Å². The lowest BCUT2D eigenvalue weighted by Crippen LogP contribution is -2.37. The van der Waals surface area contributed by atoms with Crippen LogP contribution < -0.4 is 20.2 Å². The first kappa shape index (κ1) is 22.5. The molecule has 0 saturated carbocycles.